The van der Waals surface area contributed by atoms with E-state index < -0.39 is 0 Å². The van der Waals surface area contributed by atoms with Crippen molar-refractivity contribution in [1.29, 1.82) is 0 Å². The van der Waals surface area contributed by atoms with Crippen LogP contribution in [0.15, 0.2) is 65.4 Å². The lowest BCUT2D eigenvalue weighted by Gasteiger charge is -2.24. The number of aryl methyl sites for hydroxylation is 1. The summed E-state index contributed by atoms with van der Waals surface area (Å²) in [5.41, 5.74) is 2.96. The number of aromatic nitrogens is 1. The Morgan fingerprint density at radius 1 is 0.957 bits per heavy atom. The van der Waals surface area contributed by atoms with E-state index in [0.29, 0.717) is 5.92 Å². The SMILES string of the molecule is [HH].c1ccc2c(c1)ccc1c3c(ccc12)CCC(c1ncco1)C3. The van der Waals surface area contributed by atoms with E-state index in [9.17, 15) is 0 Å². The standard InChI is InChI=1S/C21H17NO.H2/c1-2-4-17-14(3-1)7-10-19-18(17)9-8-15-5-6-16(13-20(15)19)21-22-11-12-23-21;/h1-4,7-12,16H,5-6,13H2;1H. The number of hydrogen-bond donors (Lipinski definition) is 0. The molecule has 0 radical (unpaired) electrons. The summed E-state index contributed by atoms with van der Waals surface area (Å²) in [6.45, 7) is 0. The molecule has 4 aromatic rings. The van der Waals surface area contributed by atoms with Crippen molar-refractivity contribution in [2.75, 3.05) is 0 Å². The molecule has 0 aliphatic heterocycles. The highest BCUT2D eigenvalue weighted by Crippen LogP contribution is 2.37. The van der Waals surface area contributed by atoms with E-state index in [1.165, 1.54) is 32.7 Å². The van der Waals surface area contributed by atoms with Crippen LogP contribution in [0.2, 0.25) is 0 Å². The molecule has 1 atom stereocenters. The molecule has 0 saturated carbocycles. The van der Waals surface area contributed by atoms with Gasteiger partial charge < -0.3 is 4.42 Å². The molecule has 0 saturated heterocycles. The van der Waals surface area contributed by atoms with Crippen molar-refractivity contribution < 1.29 is 5.84 Å². The maximum absolute atomic E-state index is 5.56. The van der Waals surface area contributed by atoms with Crippen molar-refractivity contribution in [2.24, 2.45) is 0 Å². The van der Waals surface area contributed by atoms with Crippen LogP contribution >= 0.6 is 0 Å². The van der Waals surface area contributed by atoms with Crippen LogP contribution in [0, 0.1) is 0 Å². The van der Waals surface area contributed by atoms with E-state index >= 15 is 0 Å². The first-order valence-electron chi connectivity index (χ1n) is 8.22. The number of rotatable bonds is 1. The van der Waals surface area contributed by atoms with Gasteiger partial charge in [-0.05, 0) is 51.9 Å². The van der Waals surface area contributed by atoms with Gasteiger partial charge in [-0.25, -0.2) is 4.98 Å². The number of oxazole rings is 1. The topological polar surface area (TPSA) is 26.0 Å². The summed E-state index contributed by atoms with van der Waals surface area (Å²) in [5.74, 6) is 1.28. The molecule has 1 aromatic heterocycles. The van der Waals surface area contributed by atoms with Crippen molar-refractivity contribution in [3.8, 4) is 0 Å². The van der Waals surface area contributed by atoms with Crippen molar-refractivity contribution in [2.45, 2.75) is 25.2 Å². The van der Waals surface area contributed by atoms with Gasteiger partial charge in [0.1, 0.15) is 6.26 Å². The van der Waals surface area contributed by atoms with Crippen LogP contribution < -0.4 is 0 Å². The highest BCUT2D eigenvalue weighted by Gasteiger charge is 2.24. The summed E-state index contributed by atoms with van der Waals surface area (Å²) in [6, 6.07) is 17.8. The molecule has 0 bridgehead atoms. The molecule has 5 rings (SSSR count). The summed E-state index contributed by atoms with van der Waals surface area (Å²) in [6.07, 6.45) is 6.67. The van der Waals surface area contributed by atoms with Crippen molar-refractivity contribution in [3.63, 3.8) is 0 Å². The van der Waals surface area contributed by atoms with E-state index in [1.54, 1.807) is 12.5 Å². The second-order valence-corrected chi connectivity index (χ2v) is 6.40. The number of fused-ring (bicyclic) bond motifs is 5. The summed E-state index contributed by atoms with van der Waals surface area (Å²) >= 11 is 0. The smallest absolute Gasteiger partial charge is 0.197 e. The highest BCUT2D eigenvalue weighted by atomic mass is 16.3. The number of nitrogens with zero attached hydrogens (tertiary/aromatic N) is 1. The summed E-state index contributed by atoms with van der Waals surface area (Å²) in [5, 5.41) is 5.39. The Kier molecular flexibility index (Phi) is 2.77. The first-order valence-corrected chi connectivity index (χ1v) is 8.22. The molecule has 3 aromatic carbocycles. The zero-order valence-corrected chi connectivity index (χ0v) is 12.8. The Hall–Kier alpha value is -2.61. The predicted octanol–water partition coefficient (Wildman–Crippen LogP) is 5.50. The van der Waals surface area contributed by atoms with Gasteiger partial charge >= 0.3 is 0 Å². The molecule has 1 unspecified atom stereocenters. The average Bonchev–Trinajstić information content (AvgIpc) is 3.15. The minimum absolute atomic E-state index is 0. The molecule has 2 nitrogen and oxygen atoms in total. The van der Waals surface area contributed by atoms with E-state index in [1.807, 2.05) is 0 Å². The fraction of sp³-hybridized carbons (Fsp3) is 0.190. The van der Waals surface area contributed by atoms with Gasteiger partial charge in [0.05, 0.1) is 6.20 Å². The maximum atomic E-state index is 5.56. The minimum atomic E-state index is 0. The second-order valence-electron chi connectivity index (χ2n) is 6.40. The second kappa shape index (κ2) is 4.95. The molecule has 1 aliphatic rings. The normalized spacial score (nSPS) is 17.5. The van der Waals surface area contributed by atoms with Gasteiger partial charge in [-0.3, -0.25) is 0 Å². The van der Waals surface area contributed by atoms with Gasteiger partial charge in [-0.2, -0.15) is 0 Å². The van der Waals surface area contributed by atoms with Crippen molar-refractivity contribution in [3.05, 3.63) is 78.0 Å². The fourth-order valence-corrected chi connectivity index (χ4v) is 4.00. The fourth-order valence-electron chi connectivity index (χ4n) is 4.00. The number of benzene rings is 3. The average molecular weight is 301 g/mol. The Morgan fingerprint density at radius 2 is 1.87 bits per heavy atom. The van der Waals surface area contributed by atoms with Crippen LogP contribution in [-0.2, 0) is 12.8 Å². The summed E-state index contributed by atoms with van der Waals surface area (Å²) in [4.78, 5) is 4.38. The maximum Gasteiger partial charge on any atom is 0.197 e. The minimum Gasteiger partial charge on any atom is -0.449 e. The molecule has 1 heterocycles. The van der Waals surface area contributed by atoms with Crippen LogP contribution in [0.5, 0.6) is 0 Å². The molecule has 23 heavy (non-hydrogen) atoms. The Balaban J connectivity index is 0.00000146. The van der Waals surface area contributed by atoms with Gasteiger partial charge in [-0.1, -0.05) is 48.5 Å². The molecular weight excluding hydrogens is 282 g/mol. The molecular formula is C21H19NO. The predicted molar refractivity (Wildman–Crippen MR) is 94.8 cm³/mol. The third kappa shape index (κ3) is 1.98. The van der Waals surface area contributed by atoms with E-state index in [0.717, 1.165) is 25.2 Å². The quantitative estimate of drug-likeness (QED) is 0.434. The first-order chi connectivity index (χ1) is 11.4. The molecule has 114 valence electrons. The van der Waals surface area contributed by atoms with Crippen molar-refractivity contribution >= 4 is 21.5 Å². The highest BCUT2D eigenvalue weighted by molar-refractivity contribution is 6.08. The third-order valence-electron chi connectivity index (χ3n) is 5.15. The van der Waals surface area contributed by atoms with E-state index in [-0.39, 0.29) is 1.43 Å². The van der Waals surface area contributed by atoms with Gasteiger partial charge in [0, 0.05) is 7.34 Å². The van der Waals surface area contributed by atoms with Gasteiger partial charge in [-0.15, -0.1) is 0 Å². The molecule has 1 aliphatic carbocycles. The molecule has 0 spiro atoms. The third-order valence-corrected chi connectivity index (χ3v) is 5.15. The number of hydrogen-bond acceptors (Lipinski definition) is 2. The lowest BCUT2D eigenvalue weighted by atomic mass is 9.81. The Labute approximate surface area is 136 Å². The van der Waals surface area contributed by atoms with E-state index in [4.69, 9.17) is 4.42 Å². The van der Waals surface area contributed by atoms with Crippen LogP contribution in [0.1, 0.15) is 30.8 Å². The van der Waals surface area contributed by atoms with E-state index in [2.05, 4.69) is 53.5 Å². The largest absolute Gasteiger partial charge is 0.449 e. The first kappa shape index (κ1) is 12.9. The molecule has 0 fully saturated rings. The van der Waals surface area contributed by atoms with Gasteiger partial charge in [0.15, 0.2) is 5.89 Å². The molecule has 0 amide bonds. The van der Waals surface area contributed by atoms with Gasteiger partial charge in [0.25, 0.3) is 0 Å². The molecule has 0 N–H and O–H groups in total. The summed E-state index contributed by atoms with van der Waals surface area (Å²) in [7, 11) is 0. The van der Waals surface area contributed by atoms with Gasteiger partial charge in [0.2, 0.25) is 0 Å². The van der Waals surface area contributed by atoms with Crippen molar-refractivity contribution in [1.82, 2.24) is 4.98 Å². The van der Waals surface area contributed by atoms with Crippen LogP contribution in [0.4, 0.5) is 0 Å². The Bertz CT molecular complexity index is 1010. The lowest BCUT2D eigenvalue weighted by Crippen LogP contribution is -2.13. The molecule has 2 heteroatoms. The van der Waals surface area contributed by atoms with Crippen LogP contribution in [0.25, 0.3) is 21.5 Å². The Morgan fingerprint density at radius 3 is 2.78 bits per heavy atom. The lowest BCUT2D eigenvalue weighted by molar-refractivity contribution is 0.419. The van der Waals surface area contributed by atoms with Crippen LogP contribution in [0.3, 0.4) is 0 Å². The zero-order valence-electron chi connectivity index (χ0n) is 12.8. The summed E-state index contributed by atoms with van der Waals surface area (Å²) < 4.78 is 5.56. The van der Waals surface area contributed by atoms with Crippen LogP contribution in [-0.4, -0.2) is 4.98 Å². The zero-order chi connectivity index (χ0) is 15.2. The monoisotopic (exact) mass is 301 g/mol.